The van der Waals surface area contributed by atoms with Gasteiger partial charge in [-0.15, -0.1) is 22.7 Å². The van der Waals surface area contributed by atoms with E-state index in [4.69, 9.17) is 5.73 Å². The van der Waals surface area contributed by atoms with Crippen molar-refractivity contribution in [2.45, 2.75) is 20.3 Å². The number of nitrogens with zero attached hydrogens (tertiary/aromatic N) is 3. The number of alkyl halides is 2. The number of thiophene rings is 2. The summed E-state index contributed by atoms with van der Waals surface area (Å²) in [5.41, 5.74) is 6.57. The van der Waals surface area contributed by atoms with Crippen molar-refractivity contribution in [1.29, 1.82) is 0 Å². The normalized spacial score (nSPS) is 11.5. The Morgan fingerprint density at radius 1 is 1.25 bits per heavy atom. The second-order valence-electron chi connectivity index (χ2n) is 6.98. The number of anilines is 1. The van der Waals surface area contributed by atoms with E-state index in [0.29, 0.717) is 20.3 Å². The van der Waals surface area contributed by atoms with Crippen LogP contribution in [0.25, 0.3) is 20.7 Å². The van der Waals surface area contributed by atoms with Gasteiger partial charge in [-0.1, -0.05) is 0 Å². The molecule has 0 bridgehead atoms. The Morgan fingerprint density at radius 2 is 1.97 bits per heavy atom. The monoisotopic (exact) mass is 539 g/mol. The highest BCUT2D eigenvalue weighted by Crippen LogP contribution is 2.44. The van der Waals surface area contributed by atoms with Crippen LogP contribution in [-0.2, 0) is 7.05 Å². The summed E-state index contributed by atoms with van der Waals surface area (Å²) in [6.45, 7) is 3.68. The first kappa shape index (κ1) is 22.5. The van der Waals surface area contributed by atoms with Crippen molar-refractivity contribution in [3.05, 3.63) is 49.5 Å². The highest BCUT2D eigenvalue weighted by Gasteiger charge is 2.27. The zero-order chi connectivity index (χ0) is 23.3. The fraction of sp³-hybridized carbons (Fsp3) is 0.200. The number of carbonyl (C=O) groups excluding carboxylic acids is 2. The number of nitrogens with two attached hydrogens (primary N) is 1. The molecule has 0 aliphatic rings. The van der Waals surface area contributed by atoms with Crippen LogP contribution in [-0.4, -0.2) is 26.6 Å². The molecule has 0 atom stereocenters. The fourth-order valence-electron chi connectivity index (χ4n) is 3.20. The van der Waals surface area contributed by atoms with Crippen molar-refractivity contribution in [3.8, 4) is 10.4 Å². The van der Waals surface area contributed by atoms with Crippen molar-refractivity contribution in [2.24, 2.45) is 12.8 Å². The highest BCUT2D eigenvalue weighted by atomic mass is 79.9. The average Bonchev–Trinajstić information content (AvgIpc) is 3.40. The summed E-state index contributed by atoms with van der Waals surface area (Å²) in [6, 6.07) is 4.95. The Labute approximate surface area is 197 Å². The molecule has 0 spiro atoms. The molecule has 0 fully saturated rings. The van der Waals surface area contributed by atoms with E-state index in [1.807, 2.05) is 13.0 Å². The summed E-state index contributed by atoms with van der Waals surface area (Å²) in [6.07, 6.45) is -2.80. The zero-order valence-corrected chi connectivity index (χ0v) is 20.2. The maximum Gasteiger partial charge on any atom is 0.280 e. The number of nitrogens with one attached hydrogen (secondary N) is 1. The van der Waals surface area contributed by atoms with E-state index in [0.717, 1.165) is 21.9 Å². The molecule has 0 radical (unpaired) electrons. The smallest absolute Gasteiger partial charge is 0.280 e. The van der Waals surface area contributed by atoms with Gasteiger partial charge in [-0.05, 0) is 48.0 Å². The Balaban J connectivity index is 1.96. The number of amides is 2. The molecule has 4 rings (SSSR count). The van der Waals surface area contributed by atoms with E-state index < -0.39 is 23.9 Å². The third kappa shape index (κ3) is 3.82. The molecule has 0 aromatic carbocycles. The number of hydrogen-bond acceptors (Lipinski definition) is 6. The number of carbonyl (C=O) groups is 2. The highest BCUT2D eigenvalue weighted by molar-refractivity contribution is 9.10. The lowest BCUT2D eigenvalue weighted by Crippen LogP contribution is -2.17. The van der Waals surface area contributed by atoms with Crippen LogP contribution in [0.4, 0.5) is 14.5 Å². The maximum atomic E-state index is 13.5. The van der Waals surface area contributed by atoms with Crippen molar-refractivity contribution in [3.63, 3.8) is 0 Å². The number of aromatic nitrogens is 3. The molecule has 0 saturated heterocycles. The molecule has 166 valence electrons. The predicted octanol–water partition coefficient (Wildman–Crippen LogP) is 5.43. The number of primary amides is 1. The van der Waals surface area contributed by atoms with Gasteiger partial charge in [0.15, 0.2) is 5.69 Å². The second kappa shape index (κ2) is 8.34. The summed E-state index contributed by atoms with van der Waals surface area (Å²) >= 11 is 5.62. The lowest BCUT2D eigenvalue weighted by atomic mass is 10.1. The van der Waals surface area contributed by atoms with E-state index in [2.05, 4.69) is 31.3 Å². The summed E-state index contributed by atoms with van der Waals surface area (Å²) < 4.78 is 29.1. The van der Waals surface area contributed by atoms with Crippen LogP contribution in [0.15, 0.2) is 22.7 Å². The van der Waals surface area contributed by atoms with Crippen LogP contribution in [0.5, 0.6) is 0 Å². The quantitative estimate of drug-likeness (QED) is 0.353. The molecule has 0 aliphatic carbocycles. The minimum atomic E-state index is -2.80. The van der Waals surface area contributed by atoms with Gasteiger partial charge < -0.3 is 11.1 Å². The third-order valence-corrected chi connectivity index (χ3v) is 7.93. The summed E-state index contributed by atoms with van der Waals surface area (Å²) in [7, 11) is 1.69. The van der Waals surface area contributed by atoms with Crippen LogP contribution in [0.2, 0.25) is 0 Å². The van der Waals surface area contributed by atoms with E-state index in [1.54, 1.807) is 20.0 Å². The maximum absolute atomic E-state index is 13.5. The van der Waals surface area contributed by atoms with Crippen molar-refractivity contribution in [1.82, 2.24) is 14.8 Å². The van der Waals surface area contributed by atoms with Gasteiger partial charge in [-0.25, -0.2) is 13.8 Å². The van der Waals surface area contributed by atoms with Gasteiger partial charge in [0.25, 0.3) is 18.2 Å². The molecule has 4 aromatic rings. The Hall–Kier alpha value is -2.70. The molecular formula is C20H16BrF2N5O2S2. The molecule has 0 saturated carbocycles. The van der Waals surface area contributed by atoms with Crippen molar-refractivity contribution in [2.75, 3.05) is 5.32 Å². The Kier molecular flexibility index (Phi) is 5.86. The van der Waals surface area contributed by atoms with E-state index in [-0.39, 0.29) is 21.1 Å². The molecule has 3 N–H and O–H groups in total. The topological polar surface area (TPSA) is 103 Å². The van der Waals surface area contributed by atoms with Crippen LogP contribution in [0, 0.1) is 13.8 Å². The molecule has 4 aromatic heterocycles. The molecule has 12 heteroatoms. The first-order chi connectivity index (χ1) is 15.1. The fourth-order valence-corrected chi connectivity index (χ4v) is 5.62. The zero-order valence-electron chi connectivity index (χ0n) is 17.0. The standard InChI is InChI=1S/C20H16BrF2N5O2S2/c1-7-4-5-11(31-7)9-6-10(17(22)23)25-20-12(9)14(16(32-20)18(24)29)26-19(30)15-13(21)8(2)28(3)27-15/h4-6,17H,1-3H3,(H2,24,29)(H,26,30). The first-order valence-corrected chi connectivity index (χ1v) is 11.6. The molecular weight excluding hydrogens is 524 g/mol. The van der Waals surface area contributed by atoms with Crippen LogP contribution in [0.1, 0.15) is 42.9 Å². The van der Waals surface area contributed by atoms with Gasteiger partial charge in [0.2, 0.25) is 0 Å². The Morgan fingerprint density at radius 3 is 2.50 bits per heavy atom. The number of rotatable bonds is 5. The van der Waals surface area contributed by atoms with Gasteiger partial charge in [-0.3, -0.25) is 14.3 Å². The molecule has 2 amide bonds. The lowest BCUT2D eigenvalue weighted by molar-refractivity contribution is 0.100. The first-order valence-electron chi connectivity index (χ1n) is 9.21. The summed E-state index contributed by atoms with van der Waals surface area (Å²) in [4.78, 5) is 31.1. The molecule has 0 unspecified atom stereocenters. The summed E-state index contributed by atoms with van der Waals surface area (Å²) in [5, 5.41) is 7.30. The van der Waals surface area contributed by atoms with Crippen molar-refractivity contribution >= 4 is 66.3 Å². The van der Waals surface area contributed by atoms with Gasteiger partial charge in [0, 0.05) is 27.8 Å². The van der Waals surface area contributed by atoms with E-state index >= 15 is 0 Å². The number of aryl methyl sites for hydroxylation is 2. The van der Waals surface area contributed by atoms with Gasteiger partial charge in [-0.2, -0.15) is 5.10 Å². The molecule has 0 aliphatic heterocycles. The lowest BCUT2D eigenvalue weighted by Gasteiger charge is -2.09. The number of fused-ring (bicyclic) bond motifs is 1. The minimum Gasteiger partial charge on any atom is -0.365 e. The average molecular weight is 540 g/mol. The largest absolute Gasteiger partial charge is 0.365 e. The van der Waals surface area contributed by atoms with Gasteiger partial charge in [0.1, 0.15) is 15.4 Å². The molecule has 4 heterocycles. The molecule has 32 heavy (non-hydrogen) atoms. The van der Waals surface area contributed by atoms with Crippen LogP contribution < -0.4 is 11.1 Å². The van der Waals surface area contributed by atoms with Crippen LogP contribution in [0.3, 0.4) is 0 Å². The number of hydrogen-bond donors (Lipinski definition) is 2. The Bertz CT molecular complexity index is 1390. The third-order valence-electron chi connectivity index (χ3n) is 4.85. The minimum absolute atomic E-state index is 0.0190. The van der Waals surface area contributed by atoms with Gasteiger partial charge >= 0.3 is 0 Å². The predicted molar refractivity (Wildman–Crippen MR) is 125 cm³/mol. The van der Waals surface area contributed by atoms with Crippen LogP contribution >= 0.6 is 38.6 Å². The van der Waals surface area contributed by atoms with Gasteiger partial charge in [0.05, 0.1) is 15.9 Å². The van der Waals surface area contributed by atoms with E-state index in [1.165, 1.54) is 22.1 Å². The number of halogens is 3. The molecule has 7 nitrogen and oxygen atoms in total. The SMILES string of the molecule is Cc1ccc(-c2cc(C(F)F)nc3sc(C(N)=O)c(NC(=O)c4nn(C)c(C)c4Br)c23)s1. The van der Waals surface area contributed by atoms with Crippen molar-refractivity contribution < 1.29 is 18.4 Å². The van der Waals surface area contributed by atoms with E-state index in [9.17, 15) is 18.4 Å². The number of pyridine rings is 1. The summed E-state index contributed by atoms with van der Waals surface area (Å²) in [5.74, 6) is -1.37. The second-order valence-corrected chi connectivity index (χ2v) is 10.1.